The van der Waals surface area contributed by atoms with Crippen molar-refractivity contribution in [1.29, 1.82) is 0 Å². The highest BCUT2D eigenvalue weighted by molar-refractivity contribution is 6.39. The molecule has 140 valence electrons. The molecule has 1 aromatic heterocycles. The van der Waals surface area contributed by atoms with Gasteiger partial charge in [-0.05, 0) is 30.3 Å². The first-order valence-electron chi connectivity index (χ1n) is 8.19. The first-order chi connectivity index (χ1) is 13.5. The number of esters is 1. The van der Waals surface area contributed by atoms with Gasteiger partial charge in [0.1, 0.15) is 0 Å². The van der Waals surface area contributed by atoms with E-state index in [1.807, 2.05) is 0 Å². The number of ether oxygens (including phenoxy) is 1. The van der Waals surface area contributed by atoms with Crippen molar-refractivity contribution >= 4 is 35.1 Å². The Bertz CT molecular complexity index is 1120. The third-order valence-corrected chi connectivity index (χ3v) is 4.43. The second-order valence-corrected chi connectivity index (χ2v) is 6.36. The maximum atomic E-state index is 12.8. The lowest BCUT2D eigenvalue weighted by Crippen LogP contribution is -2.29. The number of hydrogen-bond acceptors (Lipinski definition) is 7. The zero-order chi connectivity index (χ0) is 19.8. The molecule has 2 heterocycles. The summed E-state index contributed by atoms with van der Waals surface area (Å²) in [5, 5.41) is 7.64. The Labute approximate surface area is 163 Å². The van der Waals surface area contributed by atoms with Crippen LogP contribution in [-0.2, 0) is 11.3 Å². The number of hydrogen-bond donors (Lipinski definition) is 0. The van der Waals surface area contributed by atoms with Gasteiger partial charge in [0.25, 0.3) is 17.7 Å². The van der Waals surface area contributed by atoms with Gasteiger partial charge in [-0.25, -0.2) is 9.69 Å². The third-order valence-electron chi connectivity index (χ3n) is 4.11. The van der Waals surface area contributed by atoms with E-state index in [1.54, 1.807) is 31.2 Å². The van der Waals surface area contributed by atoms with E-state index in [4.69, 9.17) is 20.8 Å². The van der Waals surface area contributed by atoms with E-state index in [1.165, 1.54) is 18.2 Å². The van der Waals surface area contributed by atoms with Gasteiger partial charge in [0.15, 0.2) is 6.61 Å². The van der Waals surface area contributed by atoms with Crippen molar-refractivity contribution in [1.82, 2.24) is 10.2 Å². The van der Waals surface area contributed by atoms with Crippen LogP contribution in [0.4, 0.5) is 5.69 Å². The summed E-state index contributed by atoms with van der Waals surface area (Å²) in [5.41, 5.74) is 0.699. The first kappa shape index (κ1) is 17.9. The van der Waals surface area contributed by atoms with Crippen molar-refractivity contribution in [3.05, 3.63) is 76.0 Å². The van der Waals surface area contributed by atoms with Crippen LogP contribution < -0.4 is 4.90 Å². The van der Waals surface area contributed by atoms with Gasteiger partial charge in [0, 0.05) is 6.92 Å². The minimum atomic E-state index is -0.685. The van der Waals surface area contributed by atoms with E-state index >= 15 is 0 Å². The van der Waals surface area contributed by atoms with Gasteiger partial charge in [-0.1, -0.05) is 23.7 Å². The SMILES string of the molecule is Cc1nnc(COC(=O)c2ccc3c(c2)C(=O)N(c2ccccc2Cl)C3=O)o1. The monoisotopic (exact) mass is 397 g/mol. The van der Waals surface area contributed by atoms with E-state index in [9.17, 15) is 14.4 Å². The van der Waals surface area contributed by atoms with Crippen LogP contribution in [-0.4, -0.2) is 28.0 Å². The van der Waals surface area contributed by atoms with Gasteiger partial charge >= 0.3 is 5.97 Å². The van der Waals surface area contributed by atoms with Gasteiger partial charge in [0.2, 0.25) is 5.89 Å². The summed E-state index contributed by atoms with van der Waals surface area (Å²) in [7, 11) is 0. The molecular weight excluding hydrogens is 386 g/mol. The molecule has 0 atom stereocenters. The van der Waals surface area contributed by atoms with Crippen LogP contribution in [0, 0.1) is 6.92 Å². The van der Waals surface area contributed by atoms with Gasteiger partial charge < -0.3 is 9.15 Å². The Morgan fingerprint density at radius 1 is 1.11 bits per heavy atom. The number of rotatable bonds is 4. The van der Waals surface area contributed by atoms with E-state index in [0.717, 1.165) is 4.90 Å². The average molecular weight is 398 g/mol. The lowest BCUT2D eigenvalue weighted by molar-refractivity contribution is 0.0436. The Morgan fingerprint density at radius 2 is 1.86 bits per heavy atom. The van der Waals surface area contributed by atoms with Crippen molar-refractivity contribution in [2.75, 3.05) is 4.90 Å². The molecule has 1 aliphatic rings. The number of aromatic nitrogens is 2. The lowest BCUT2D eigenvalue weighted by atomic mass is 10.1. The standard InChI is InChI=1S/C19H12ClN3O5/c1-10-21-22-16(28-10)9-27-19(26)11-6-7-12-13(8-11)18(25)23(17(12)24)15-5-3-2-4-14(15)20/h2-8H,9H2,1H3. The zero-order valence-electron chi connectivity index (χ0n) is 14.5. The van der Waals surface area contributed by atoms with Crippen molar-refractivity contribution in [2.24, 2.45) is 0 Å². The molecule has 0 fully saturated rings. The second kappa shape index (κ2) is 6.90. The number of carbonyl (C=O) groups is 3. The highest BCUT2D eigenvalue weighted by Crippen LogP contribution is 2.33. The largest absolute Gasteiger partial charge is 0.452 e. The molecule has 0 bridgehead atoms. The summed E-state index contributed by atoms with van der Waals surface area (Å²) in [4.78, 5) is 38.7. The van der Waals surface area contributed by atoms with Crippen molar-refractivity contribution in [3.8, 4) is 0 Å². The van der Waals surface area contributed by atoms with Crippen LogP contribution >= 0.6 is 11.6 Å². The first-order valence-corrected chi connectivity index (χ1v) is 8.57. The quantitative estimate of drug-likeness (QED) is 0.492. The Morgan fingerprint density at radius 3 is 2.57 bits per heavy atom. The number of halogens is 1. The number of nitrogens with zero attached hydrogens (tertiary/aromatic N) is 3. The van der Waals surface area contributed by atoms with Crippen molar-refractivity contribution in [2.45, 2.75) is 13.5 Å². The molecule has 0 N–H and O–H groups in total. The highest BCUT2D eigenvalue weighted by atomic mass is 35.5. The molecule has 2 aromatic carbocycles. The van der Waals surface area contributed by atoms with E-state index in [-0.39, 0.29) is 39.9 Å². The molecular formula is C19H12ClN3O5. The van der Waals surface area contributed by atoms with E-state index in [0.29, 0.717) is 5.89 Å². The van der Waals surface area contributed by atoms with Crippen molar-refractivity contribution < 1.29 is 23.5 Å². The predicted molar refractivity (Wildman–Crippen MR) is 97.2 cm³/mol. The fourth-order valence-electron chi connectivity index (χ4n) is 2.83. The molecule has 0 unspecified atom stereocenters. The third kappa shape index (κ3) is 3.03. The van der Waals surface area contributed by atoms with Crippen LogP contribution in [0.15, 0.2) is 46.9 Å². The molecule has 1 aliphatic heterocycles. The molecule has 4 rings (SSSR count). The Hall–Kier alpha value is -3.52. The van der Waals surface area contributed by atoms with Crippen LogP contribution in [0.1, 0.15) is 42.9 Å². The van der Waals surface area contributed by atoms with E-state index < -0.39 is 17.8 Å². The smallest absolute Gasteiger partial charge is 0.338 e. The zero-order valence-corrected chi connectivity index (χ0v) is 15.3. The summed E-state index contributed by atoms with van der Waals surface area (Å²) in [5.74, 6) is -1.24. The Kier molecular flexibility index (Phi) is 4.40. The highest BCUT2D eigenvalue weighted by Gasteiger charge is 2.38. The van der Waals surface area contributed by atoms with Gasteiger partial charge in [0.05, 0.1) is 27.4 Å². The van der Waals surface area contributed by atoms with Crippen molar-refractivity contribution in [3.63, 3.8) is 0 Å². The number of fused-ring (bicyclic) bond motifs is 1. The Balaban J connectivity index is 1.58. The van der Waals surface area contributed by atoms with Crippen LogP contribution in [0.3, 0.4) is 0 Å². The van der Waals surface area contributed by atoms with E-state index in [2.05, 4.69) is 10.2 Å². The summed E-state index contributed by atoms with van der Waals surface area (Å²) >= 11 is 6.12. The molecule has 0 spiro atoms. The molecule has 0 saturated heterocycles. The minimum Gasteiger partial charge on any atom is -0.452 e. The fourth-order valence-corrected chi connectivity index (χ4v) is 3.05. The second-order valence-electron chi connectivity index (χ2n) is 5.95. The topological polar surface area (TPSA) is 103 Å². The number of amides is 2. The summed E-state index contributed by atoms with van der Waals surface area (Å²) in [6.07, 6.45) is 0. The number of carbonyl (C=O) groups excluding carboxylic acids is 3. The maximum Gasteiger partial charge on any atom is 0.338 e. The molecule has 0 saturated carbocycles. The normalized spacial score (nSPS) is 13.0. The number of imide groups is 1. The number of benzene rings is 2. The minimum absolute atomic E-state index is 0.105. The molecule has 9 heteroatoms. The average Bonchev–Trinajstić information content (AvgIpc) is 3.21. The number of para-hydroxylation sites is 1. The van der Waals surface area contributed by atoms with Crippen LogP contribution in [0.2, 0.25) is 5.02 Å². The number of aryl methyl sites for hydroxylation is 1. The molecule has 2 amide bonds. The summed E-state index contributed by atoms with van der Waals surface area (Å²) < 4.78 is 10.2. The molecule has 3 aromatic rings. The molecule has 0 radical (unpaired) electrons. The molecule has 28 heavy (non-hydrogen) atoms. The summed E-state index contributed by atoms with van der Waals surface area (Å²) in [6.45, 7) is 1.42. The van der Waals surface area contributed by atoms with Crippen LogP contribution in [0.25, 0.3) is 0 Å². The number of anilines is 1. The molecule has 8 nitrogen and oxygen atoms in total. The maximum absolute atomic E-state index is 12.8. The lowest BCUT2D eigenvalue weighted by Gasteiger charge is -2.15. The van der Waals surface area contributed by atoms with Gasteiger partial charge in [-0.2, -0.15) is 0 Å². The molecule has 0 aliphatic carbocycles. The van der Waals surface area contributed by atoms with Crippen LogP contribution in [0.5, 0.6) is 0 Å². The van der Waals surface area contributed by atoms with Gasteiger partial charge in [-0.3, -0.25) is 9.59 Å². The van der Waals surface area contributed by atoms with Gasteiger partial charge in [-0.15, -0.1) is 10.2 Å². The fraction of sp³-hybridized carbons (Fsp3) is 0.105. The summed E-state index contributed by atoms with van der Waals surface area (Å²) in [6, 6.07) is 10.7. The predicted octanol–water partition coefficient (Wildman–Crippen LogP) is 3.19.